The van der Waals surface area contributed by atoms with Crippen molar-refractivity contribution in [3.8, 4) is 0 Å². The van der Waals surface area contributed by atoms with Crippen LogP contribution in [-0.4, -0.2) is 40.7 Å². The molecule has 22 heavy (non-hydrogen) atoms. The van der Waals surface area contributed by atoms with E-state index in [0.717, 1.165) is 31.7 Å². The van der Waals surface area contributed by atoms with Crippen LogP contribution in [0.25, 0.3) is 0 Å². The SMILES string of the molecule is CCNC(=O)c1ccc(N2CCCC(c3nccs3)C2)nn1. The Morgan fingerprint density at radius 3 is 3.05 bits per heavy atom. The minimum absolute atomic E-state index is 0.180. The van der Waals surface area contributed by atoms with Crippen molar-refractivity contribution in [1.82, 2.24) is 20.5 Å². The Morgan fingerprint density at radius 2 is 2.36 bits per heavy atom. The zero-order valence-corrected chi connectivity index (χ0v) is 13.3. The molecule has 0 aliphatic carbocycles. The minimum atomic E-state index is -0.180. The Bertz CT molecular complexity index is 613. The molecule has 2 aromatic heterocycles. The molecule has 0 radical (unpaired) electrons. The highest BCUT2D eigenvalue weighted by Crippen LogP contribution is 2.29. The third kappa shape index (κ3) is 3.24. The van der Waals surface area contributed by atoms with E-state index in [1.165, 1.54) is 5.01 Å². The first kappa shape index (κ1) is 14.9. The summed E-state index contributed by atoms with van der Waals surface area (Å²) in [5, 5.41) is 14.2. The highest BCUT2D eigenvalue weighted by molar-refractivity contribution is 7.09. The van der Waals surface area contributed by atoms with Gasteiger partial charge in [0.25, 0.3) is 5.91 Å². The van der Waals surface area contributed by atoms with Crippen LogP contribution in [-0.2, 0) is 0 Å². The van der Waals surface area contributed by atoms with Gasteiger partial charge < -0.3 is 10.2 Å². The van der Waals surface area contributed by atoms with Gasteiger partial charge in [0, 0.05) is 37.1 Å². The molecule has 1 amide bonds. The van der Waals surface area contributed by atoms with Crippen LogP contribution in [0.15, 0.2) is 23.7 Å². The maximum Gasteiger partial charge on any atom is 0.271 e. The molecule has 2 aromatic rings. The molecule has 1 aliphatic heterocycles. The van der Waals surface area contributed by atoms with Crippen LogP contribution in [0.4, 0.5) is 5.82 Å². The molecule has 0 spiro atoms. The van der Waals surface area contributed by atoms with Crippen molar-refractivity contribution >= 4 is 23.1 Å². The summed E-state index contributed by atoms with van der Waals surface area (Å²) in [5.41, 5.74) is 0.360. The Hall–Kier alpha value is -2.02. The molecule has 0 aromatic carbocycles. The zero-order valence-electron chi connectivity index (χ0n) is 12.5. The Morgan fingerprint density at radius 1 is 1.45 bits per heavy atom. The predicted molar refractivity (Wildman–Crippen MR) is 86.3 cm³/mol. The summed E-state index contributed by atoms with van der Waals surface area (Å²) in [6.07, 6.45) is 4.14. The summed E-state index contributed by atoms with van der Waals surface area (Å²) in [6, 6.07) is 3.61. The number of nitrogens with one attached hydrogen (secondary N) is 1. The molecule has 7 heteroatoms. The monoisotopic (exact) mass is 317 g/mol. The lowest BCUT2D eigenvalue weighted by Crippen LogP contribution is -2.35. The van der Waals surface area contributed by atoms with Gasteiger partial charge >= 0.3 is 0 Å². The first-order valence-corrected chi connectivity index (χ1v) is 8.42. The third-order valence-electron chi connectivity index (χ3n) is 3.77. The number of carbonyl (C=O) groups excluding carboxylic acids is 1. The van der Waals surface area contributed by atoms with Gasteiger partial charge in [-0.25, -0.2) is 4.98 Å². The highest BCUT2D eigenvalue weighted by atomic mass is 32.1. The van der Waals surface area contributed by atoms with Crippen molar-refractivity contribution in [2.45, 2.75) is 25.7 Å². The fraction of sp³-hybridized carbons (Fsp3) is 0.467. The molecule has 0 bridgehead atoms. The van der Waals surface area contributed by atoms with Gasteiger partial charge in [0.1, 0.15) is 0 Å². The van der Waals surface area contributed by atoms with E-state index in [9.17, 15) is 4.79 Å². The van der Waals surface area contributed by atoms with E-state index in [4.69, 9.17) is 0 Å². The molecular formula is C15H19N5OS. The molecule has 6 nitrogen and oxygen atoms in total. The average Bonchev–Trinajstić information content (AvgIpc) is 3.10. The predicted octanol–water partition coefficient (Wildman–Crippen LogP) is 2.07. The highest BCUT2D eigenvalue weighted by Gasteiger charge is 2.24. The van der Waals surface area contributed by atoms with E-state index in [1.807, 2.05) is 24.6 Å². The van der Waals surface area contributed by atoms with Crippen LogP contribution in [0.1, 0.15) is 41.2 Å². The van der Waals surface area contributed by atoms with E-state index in [1.54, 1.807) is 17.4 Å². The summed E-state index contributed by atoms with van der Waals surface area (Å²) >= 11 is 1.71. The normalized spacial score (nSPS) is 18.2. The summed E-state index contributed by atoms with van der Waals surface area (Å²) in [7, 11) is 0. The summed E-state index contributed by atoms with van der Waals surface area (Å²) in [5.74, 6) is 1.11. The molecule has 1 atom stereocenters. The topological polar surface area (TPSA) is 71.0 Å². The quantitative estimate of drug-likeness (QED) is 0.934. The van der Waals surface area contributed by atoms with Crippen molar-refractivity contribution in [2.24, 2.45) is 0 Å². The van der Waals surface area contributed by atoms with Crippen molar-refractivity contribution in [3.63, 3.8) is 0 Å². The first-order chi connectivity index (χ1) is 10.8. The Balaban J connectivity index is 1.69. The number of thiazole rings is 1. The van der Waals surface area contributed by atoms with Gasteiger partial charge in [-0.2, -0.15) is 0 Å². The van der Waals surface area contributed by atoms with Crippen molar-refractivity contribution < 1.29 is 4.79 Å². The molecule has 116 valence electrons. The third-order valence-corrected chi connectivity index (χ3v) is 4.70. The number of amides is 1. The van der Waals surface area contributed by atoms with E-state index in [2.05, 4.69) is 25.4 Å². The Labute approximate surface area is 133 Å². The second-order valence-electron chi connectivity index (χ2n) is 5.29. The number of carbonyl (C=O) groups is 1. The molecule has 0 saturated carbocycles. The van der Waals surface area contributed by atoms with E-state index in [0.29, 0.717) is 18.2 Å². The van der Waals surface area contributed by atoms with Crippen LogP contribution in [0, 0.1) is 0 Å². The van der Waals surface area contributed by atoms with Crippen LogP contribution in [0.5, 0.6) is 0 Å². The molecule has 1 aliphatic rings. The van der Waals surface area contributed by atoms with Crippen LogP contribution in [0.3, 0.4) is 0 Å². The second-order valence-corrected chi connectivity index (χ2v) is 6.22. The largest absolute Gasteiger partial charge is 0.354 e. The lowest BCUT2D eigenvalue weighted by atomic mass is 9.99. The van der Waals surface area contributed by atoms with Gasteiger partial charge in [0.2, 0.25) is 0 Å². The molecule has 1 N–H and O–H groups in total. The van der Waals surface area contributed by atoms with Crippen LogP contribution < -0.4 is 10.2 Å². The fourth-order valence-electron chi connectivity index (χ4n) is 2.69. The molecule has 3 rings (SSSR count). The van der Waals surface area contributed by atoms with Gasteiger partial charge in [-0.1, -0.05) is 0 Å². The van der Waals surface area contributed by atoms with Crippen molar-refractivity contribution in [3.05, 3.63) is 34.4 Å². The average molecular weight is 317 g/mol. The maximum absolute atomic E-state index is 11.7. The smallest absolute Gasteiger partial charge is 0.271 e. The van der Waals surface area contributed by atoms with Gasteiger partial charge in [-0.05, 0) is 31.9 Å². The number of anilines is 1. The standard InChI is InChI=1S/C15H19N5OS/c1-2-16-14(21)12-5-6-13(19-18-12)20-8-3-4-11(10-20)15-17-7-9-22-15/h5-7,9,11H,2-4,8,10H2,1H3,(H,16,21). The first-order valence-electron chi connectivity index (χ1n) is 7.54. The maximum atomic E-state index is 11.7. The number of nitrogens with zero attached hydrogens (tertiary/aromatic N) is 4. The van der Waals surface area contributed by atoms with Crippen molar-refractivity contribution in [1.29, 1.82) is 0 Å². The molecule has 3 heterocycles. The fourth-order valence-corrected chi connectivity index (χ4v) is 3.46. The van der Waals surface area contributed by atoms with E-state index in [-0.39, 0.29) is 5.91 Å². The summed E-state index contributed by atoms with van der Waals surface area (Å²) in [4.78, 5) is 18.4. The van der Waals surface area contributed by atoms with Gasteiger partial charge in [-0.15, -0.1) is 21.5 Å². The van der Waals surface area contributed by atoms with Gasteiger partial charge in [-0.3, -0.25) is 4.79 Å². The Kier molecular flexibility index (Phi) is 4.62. The van der Waals surface area contributed by atoms with Crippen molar-refractivity contribution in [2.75, 3.05) is 24.5 Å². The minimum Gasteiger partial charge on any atom is -0.354 e. The number of hydrogen-bond donors (Lipinski definition) is 1. The molecule has 1 saturated heterocycles. The van der Waals surface area contributed by atoms with Crippen LogP contribution >= 0.6 is 11.3 Å². The number of rotatable bonds is 4. The lowest BCUT2D eigenvalue weighted by molar-refractivity contribution is 0.0950. The van der Waals surface area contributed by atoms with Crippen LogP contribution in [0.2, 0.25) is 0 Å². The number of hydrogen-bond acceptors (Lipinski definition) is 6. The summed E-state index contributed by atoms with van der Waals surface area (Å²) in [6.45, 7) is 4.34. The molecular weight excluding hydrogens is 298 g/mol. The van der Waals surface area contributed by atoms with Gasteiger partial charge in [0.05, 0.1) is 5.01 Å². The summed E-state index contributed by atoms with van der Waals surface area (Å²) < 4.78 is 0. The van der Waals surface area contributed by atoms with Gasteiger partial charge in [0.15, 0.2) is 11.5 Å². The lowest BCUT2D eigenvalue weighted by Gasteiger charge is -2.32. The molecule has 1 fully saturated rings. The number of aromatic nitrogens is 3. The zero-order chi connectivity index (χ0) is 15.4. The molecule has 1 unspecified atom stereocenters. The second kappa shape index (κ2) is 6.83. The van der Waals surface area contributed by atoms with E-state index < -0.39 is 0 Å². The number of piperidine rings is 1. The van der Waals surface area contributed by atoms with E-state index >= 15 is 0 Å².